The van der Waals surface area contributed by atoms with E-state index in [0.29, 0.717) is 6.04 Å². The molecule has 1 heterocycles. The molecule has 1 aromatic rings. The first-order valence-electron chi connectivity index (χ1n) is 7.08. The van der Waals surface area contributed by atoms with Gasteiger partial charge in [-0.1, -0.05) is 24.2 Å². The summed E-state index contributed by atoms with van der Waals surface area (Å²) in [6.07, 6.45) is 8.47. The lowest BCUT2D eigenvalue weighted by Crippen LogP contribution is -2.28. The van der Waals surface area contributed by atoms with E-state index < -0.39 is 0 Å². The van der Waals surface area contributed by atoms with Crippen LogP contribution in [0.4, 0.5) is 5.13 Å². The molecule has 0 atom stereocenters. The maximum absolute atomic E-state index is 12.2. The molecule has 4 nitrogen and oxygen atoms in total. The van der Waals surface area contributed by atoms with E-state index in [0.717, 1.165) is 15.7 Å². The molecule has 20 heavy (non-hydrogen) atoms. The lowest BCUT2D eigenvalue weighted by Gasteiger charge is -2.23. The number of hydrogen-bond acceptors (Lipinski definition) is 5. The van der Waals surface area contributed by atoms with Gasteiger partial charge in [-0.25, -0.2) is 4.98 Å². The molecule has 1 fully saturated rings. The van der Waals surface area contributed by atoms with Gasteiger partial charge in [0.05, 0.1) is 10.6 Å². The van der Waals surface area contributed by atoms with E-state index in [4.69, 9.17) is 0 Å². The molecule has 0 bridgehead atoms. The zero-order valence-corrected chi connectivity index (χ0v) is 13.5. The predicted molar refractivity (Wildman–Crippen MR) is 84.7 cm³/mol. The van der Waals surface area contributed by atoms with Gasteiger partial charge in [-0.3, -0.25) is 4.79 Å². The molecule has 1 saturated carbocycles. The first-order chi connectivity index (χ1) is 9.49. The molecule has 1 aliphatic rings. The molecule has 1 aromatic heterocycles. The smallest absolute Gasteiger partial charge is 0.199 e. The Bertz CT molecular complexity index is 501. The molecule has 110 valence electrons. The van der Waals surface area contributed by atoms with Gasteiger partial charge in [-0.15, -0.1) is 0 Å². The van der Waals surface area contributed by atoms with Crippen LogP contribution in [-0.2, 0) is 0 Å². The standard InChI is InChI=1S/C15H23N3OS/c1-11-14(13(19)9-10-17(2)3)20-15(16-11)18(4)12-7-5-6-8-12/h9-10,12H,5-8H2,1-4H3. The van der Waals surface area contributed by atoms with Crippen molar-refractivity contribution in [1.29, 1.82) is 0 Å². The second-order valence-corrected chi connectivity index (χ2v) is 6.58. The van der Waals surface area contributed by atoms with Crippen molar-refractivity contribution in [3.05, 3.63) is 22.8 Å². The number of thiazole rings is 1. The van der Waals surface area contributed by atoms with Crippen LogP contribution >= 0.6 is 11.3 Å². The number of hydrogen-bond donors (Lipinski definition) is 0. The Balaban J connectivity index is 2.14. The van der Waals surface area contributed by atoms with E-state index in [2.05, 4.69) is 16.9 Å². The molecular weight excluding hydrogens is 270 g/mol. The number of carbonyl (C=O) groups is 1. The molecule has 1 aliphatic carbocycles. The second kappa shape index (κ2) is 6.39. The van der Waals surface area contributed by atoms with Gasteiger partial charge in [-0.05, 0) is 19.8 Å². The van der Waals surface area contributed by atoms with Crippen molar-refractivity contribution in [3.63, 3.8) is 0 Å². The minimum absolute atomic E-state index is 0.0415. The van der Waals surface area contributed by atoms with Crippen LogP contribution in [-0.4, -0.2) is 42.9 Å². The van der Waals surface area contributed by atoms with Crippen molar-refractivity contribution in [2.45, 2.75) is 38.6 Å². The topological polar surface area (TPSA) is 36.4 Å². The summed E-state index contributed by atoms with van der Waals surface area (Å²) in [4.78, 5) is 21.6. The zero-order chi connectivity index (χ0) is 14.7. The SMILES string of the molecule is Cc1nc(N(C)C2CCCC2)sc1C(=O)C=CN(C)C. The quantitative estimate of drug-likeness (QED) is 0.617. The van der Waals surface area contributed by atoms with Gasteiger partial charge in [0.1, 0.15) is 0 Å². The molecular formula is C15H23N3OS. The fraction of sp³-hybridized carbons (Fsp3) is 0.600. The Morgan fingerprint density at radius 1 is 1.30 bits per heavy atom. The van der Waals surface area contributed by atoms with Crippen LogP contribution in [0.2, 0.25) is 0 Å². The number of anilines is 1. The largest absolute Gasteiger partial charge is 0.383 e. The Labute approximate surface area is 125 Å². The minimum Gasteiger partial charge on any atom is -0.383 e. The molecule has 0 N–H and O–H groups in total. The van der Waals surface area contributed by atoms with E-state index in [9.17, 15) is 4.79 Å². The summed E-state index contributed by atoms with van der Waals surface area (Å²) in [5.41, 5.74) is 0.836. The highest BCUT2D eigenvalue weighted by Gasteiger charge is 2.23. The number of aromatic nitrogens is 1. The highest BCUT2D eigenvalue weighted by Crippen LogP contribution is 2.31. The van der Waals surface area contributed by atoms with E-state index in [1.807, 2.05) is 25.9 Å². The summed E-state index contributed by atoms with van der Waals surface area (Å²) in [7, 11) is 5.91. The average molecular weight is 293 g/mol. The molecule has 5 heteroatoms. The van der Waals surface area contributed by atoms with E-state index >= 15 is 0 Å². The number of allylic oxidation sites excluding steroid dienone is 1. The summed E-state index contributed by atoms with van der Waals surface area (Å²) in [5.74, 6) is 0.0415. The lowest BCUT2D eigenvalue weighted by molar-refractivity contribution is 0.104. The molecule has 0 aromatic carbocycles. The molecule has 0 spiro atoms. The van der Waals surface area contributed by atoms with Crippen LogP contribution in [0.15, 0.2) is 12.3 Å². The van der Waals surface area contributed by atoms with Crippen molar-refractivity contribution in [1.82, 2.24) is 9.88 Å². The van der Waals surface area contributed by atoms with Crippen molar-refractivity contribution >= 4 is 22.3 Å². The fourth-order valence-corrected chi connectivity index (χ4v) is 3.52. The van der Waals surface area contributed by atoms with Gasteiger partial charge in [0, 0.05) is 39.5 Å². The van der Waals surface area contributed by atoms with Gasteiger partial charge >= 0.3 is 0 Å². The van der Waals surface area contributed by atoms with Gasteiger partial charge < -0.3 is 9.80 Å². The summed E-state index contributed by atoms with van der Waals surface area (Å²) in [6.45, 7) is 1.92. The zero-order valence-electron chi connectivity index (χ0n) is 12.7. The minimum atomic E-state index is 0.0415. The van der Waals surface area contributed by atoms with Crippen LogP contribution in [0.5, 0.6) is 0 Å². The molecule has 0 unspecified atom stereocenters. The number of nitrogens with zero attached hydrogens (tertiary/aromatic N) is 3. The monoisotopic (exact) mass is 293 g/mol. The van der Waals surface area contributed by atoms with Crippen LogP contribution < -0.4 is 4.90 Å². The normalized spacial score (nSPS) is 16.0. The average Bonchev–Trinajstić information content (AvgIpc) is 3.04. The van der Waals surface area contributed by atoms with E-state index in [1.54, 1.807) is 12.3 Å². The first-order valence-corrected chi connectivity index (χ1v) is 7.90. The lowest BCUT2D eigenvalue weighted by atomic mass is 10.2. The van der Waals surface area contributed by atoms with Gasteiger partial charge in [0.15, 0.2) is 10.9 Å². The van der Waals surface area contributed by atoms with E-state index in [-0.39, 0.29) is 5.78 Å². The number of ketones is 1. The summed E-state index contributed by atoms with van der Waals surface area (Å²) in [6, 6.07) is 0.584. The summed E-state index contributed by atoms with van der Waals surface area (Å²) in [5, 5.41) is 0.969. The summed E-state index contributed by atoms with van der Waals surface area (Å²) < 4.78 is 0. The van der Waals surface area contributed by atoms with Gasteiger partial charge in [-0.2, -0.15) is 0 Å². The Morgan fingerprint density at radius 3 is 2.55 bits per heavy atom. The molecule has 0 saturated heterocycles. The number of carbonyl (C=O) groups excluding carboxylic acids is 1. The Morgan fingerprint density at radius 2 is 1.95 bits per heavy atom. The Hall–Kier alpha value is -1.36. The van der Waals surface area contributed by atoms with Crippen molar-refractivity contribution in [2.24, 2.45) is 0 Å². The van der Waals surface area contributed by atoms with Crippen LogP contribution in [0.3, 0.4) is 0 Å². The van der Waals surface area contributed by atoms with Gasteiger partial charge in [0.25, 0.3) is 0 Å². The Kier molecular flexibility index (Phi) is 4.81. The van der Waals surface area contributed by atoms with Crippen LogP contribution in [0.1, 0.15) is 41.0 Å². The third-order valence-corrected chi connectivity index (χ3v) is 4.97. The molecule has 0 radical (unpaired) electrons. The highest BCUT2D eigenvalue weighted by molar-refractivity contribution is 7.17. The van der Waals surface area contributed by atoms with Crippen molar-refractivity contribution in [2.75, 3.05) is 26.0 Å². The van der Waals surface area contributed by atoms with E-state index in [1.165, 1.54) is 37.0 Å². The molecule has 0 aliphatic heterocycles. The third kappa shape index (κ3) is 3.39. The highest BCUT2D eigenvalue weighted by atomic mass is 32.1. The molecule has 0 amide bonds. The predicted octanol–water partition coefficient (Wildman–Crippen LogP) is 3.09. The maximum Gasteiger partial charge on any atom is 0.199 e. The summed E-state index contributed by atoms with van der Waals surface area (Å²) >= 11 is 1.51. The first kappa shape index (κ1) is 15.0. The van der Waals surface area contributed by atoms with Crippen LogP contribution in [0, 0.1) is 6.92 Å². The fourth-order valence-electron chi connectivity index (χ4n) is 2.50. The maximum atomic E-state index is 12.2. The number of rotatable bonds is 5. The van der Waals surface area contributed by atoms with Gasteiger partial charge in [0.2, 0.25) is 0 Å². The van der Waals surface area contributed by atoms with Crippen LogP contribution in [0.25, 0.3) is 0 Å². The van der Waals surface area contributed by atoms with Crippen molar-refractivity contribution in [3.8, 4) is 0 Å². The van der Waals surface area contributed by atoms with Crippen molar-refractivity contribution < 1.29 is 4.79 Å². The second-order valence-electron chi connectivity index (χ2n) is 5.60. The number of aryl methyl sites for hydroxylation is 1. The molecule has 2 rings (SSSR count). The third-order valence-electron chi connectivity index (χ3n) is 3.71.